The predicted molar refractivity (Wildman–Crippen MR) is 136 cm³/mol. The van der Waals surface area contributed by atoms with Crippen LogP contribution in [-0.4, -0.2) is 23.1 Å². The third-order valence-electron chi connectivity index (χ3n) is 6.82. The van der Waals surface area contributed by atoms with Crippen LogP contribution in [0.5, 0.6) is 0 Å². The molecule has 0 N–H and O–H groups in total. The molecule has 4 atom stereocenters. The summed E-state index contributed by atoms with van der Waals surface area (Å²) in [7, 11) is 0. The molecule has 0 saturated heterocycles. The van der Waals surface area contributed by atoms with Gasteiger partial charge in [-0.3, -0.25) is 19.2 Å². The molecule has 5 rings (SSSR count). The van der Waals surface area contributed by atoms with Crippen LogP contribution in [0.15, 0.2) is 99.5 Å². The summed E-state index contributed by atoms with van der Waals surface area (Å²) < 4.78 is 1.79. The Balaban J connectivity index is 1.78. The van der Waals surface area contributed by atoms with Gasteiger partial charge in [-0.15, -0.1) is 0 Å². The molecule has 0 heterocycles. The van der Waals surface area contributed by atoms with E-state index in [1.54, 1.807) is 12.2 Å². The van der Waals surface area contributed by atoms with Crippen LogP contribution in [-0.2, 0) is 19.2 Å². The summed E-state index contributed by atoms with van der Waals surface area (Å²) in [4.78, 5) is 53.0. The maximum Gasteiger partial charge on any atom is 0.182 e. The third kappa shape index (κ3) is 3.65. The fraction of sp³-hybridized carbons (Fsp3) is 0.143. The van der Waals surface area contributed by atoms with E-state index in [9.17, 15) is 19.2 Å². The van der Waals surface area contributed by atoms with Gasteiger partial charge in [-0.1, -0.05) is 74.4 Å². The summed E-state index contributed by atoms with van der Waals surface area (Å²) in [5, 5.41) is 0. The monoisotopic (exact) mass is 576 g/mol. The molecule has 0 bridgehead atoms. The van der Waals surface area contributed by atoms with Gasteiger partial charge in [0, 0.05) is 20.4 Å². The number of benzene rings is 2. The first-order valence-electron chi connectivity index (χ1n) is 10.8. The molecule has 0 spiro atoms. The molecule has 2 aromatic carbocycles. The summed E-state index contributed by atoms with van der Waals surface area (Å²) in [5.74, 6) is -3.81. The molecule has 2 aromatic rings. The summed E-state index contributed by atoms with van der Waals surface area (Å²) >= 11 is 6.86. The Kier molecular flexibility index (Phi) is 5.82. The first kappa shape index (κ1) is 22.8. The Morgan fingerprint density at radius 3 is 2.03 bits per heavy atom. The molecule has 0 aromatic heterocycles. The van der Waals surface area contributed by atoms with Crippen molar-refractivity contribution >= 4 is 61.1 Å². The van der Waals surface area contributed by atoms with Crippen molar-refractivity contribution in [3.05, 3.63) is 111 Å². The first-order chi connectivity index (χ1) is 16.3. The molecule has 0 saturated carbocycles. The van der Waals surface area contributed by atoms with Gasteiger partial charge in [0.15, 0.2) is 23.1 Å². The first-order valence-corrected chi connectivity index (χ1v) is 12.3. The van der Waals surface area contributed by atoms with E-state index in [1.807, 2.05) is 54.6 Å². The lowest BCUT2D eigenvalue weighted by Gasteiger charge is -2.49. The lowest BCUT2D eigenvalue weighted by atomic mass is 9.50. The van der Waals surface area contributed by atoms with E-state index >= 15 is 0 Å². The molecular weight excluding hydrogens is 560 g/mol. The molecule has 4 nitrogen and oxygen atoms in total. The van der Waals surface area contributed by atoms with Crippen LogP contribution < -0.4 is 0 Å². The molecule has 6 heteroatoms. The summed E-state index contributed by atoms with van der Waals surface area (Å²) in [6, 6.07) is 15.0. The number of rotatable bonds is 3. The van der Waals surface area contributed by atoms with Crippen LogP contribution in [0.3, 0.4) is 0 Å². The van der Waals surface area contributed by atoms with Crippen LogP contribution >= 0.6 is 31.9 Å². The van der Waals surface area contributed by atoms with Crippen LogP contribution in [0, 0.1) is 17.3 Å². The number of carbonyl (C=O) groups excluding carboxylic acids is 4. The molecule has 168 valence electrons. The molecular formula is C28H18Br2O4. The number of hydrogen-bond acceptors (Lipinski definition) is 4. The van der Waals surface area contributed by atoms with Crippen molar-refractivity contribution in [2.75, 3.05) is 0 Å². The van der Waals surface area contributed by atoms with Gasteiger partial charge in [-0.05, 0) is 59.7 Å². The minimum atomic E-state index is -1.35. The number of ketones is 4. The molecule has 0 radical (unpaired) electrons. The smallest absolute Gasteiger partial charge is 0.182 e. The maximum absolute atomic E-state index is 13.7. The zero-order valence-electron chi connectivity index (χ0n) is 17.8. The van der Waals surface area contributed by atoms with Crippen molar-refractivity contribution in [3.8, 4) is 0 Å². The van der Waals surface area contributed by atoms with Crippen molar-refractivity contribution in [1.82, 2.24) is 0 Å². The Bertz CT molecular complexity index is 1350. The van der Waals surface area contributed by atoms with Crippen LogP contribution in [0.25, 0.3) is 6.08 Å². The van der Waals surface area contributed by atoms with E-state index in [0.717, 1.165) is 20.1 Å². The molecule has 0 unspecified atom stereocenters. The number of carbonyl (C=O) groups is 4. The molecule has 34 heavy (non-hydrogen) atoms. The van der Waals surface area contributed by atoms with Gasteiger partial charge in [-0.2, -0.15) is 0 Å². The van der Waals surface area contributed by atoms with Gasteiger partial charge in [0.05, 0.1) is 17.3 Å². The Hall–Kier alpha value is -2.96. The van der Waals surface area contributed by atoms with Gasteiger partial charge >= 0.3 is 0 Å². The Labute approximate surface area is 213 Å². The second kappa shape index (κ2) is 8.67. The van der Waals surface area contributed by atoms with Crippen molar-refractivity contribution in [2.24, 2.45) is 17.3 Å². The summed E-state index contributed by atoms with van der Waals surface area (Å²) in [6.07, 6.45) is 10.3. The standard InChI is InChI=1S/C28H18Br2O4/c29-18-5-1-16(2-6-18)13-14-28-21(17-3-7-19(30)8-4-17)15-20-22(31)9-10-23(32)26(20)27(28)24(33)11-12-25(28)34/h1-15,21,26-27H/b14-13+/t21-,26+,27-,28-/m0/s1. The minimum absolute atomic E-state index is 0.261. The van der Waals surface area contributed by atoms with E-state index in [0.29, 0.717) is 0 Å². The molecule has 0 amide bonds. The number of allylic oxidation sites excluding steroid dienone is 7. The molecule has 0 fully saturated rings. The normalized spacial score (nSPS) is 28.2. The van der Waals surface area contributed by atoms with E-state index < -0.39 is 23.2 Å². The van der Waals surface area contributed by atoms with Crippen molar-refractivity contribution in [3.63, 3.8) is 0 Å². The topological polar surface area (TPSA) is 68.3 Å². The lowest BCUT2D eigenvalue weighted by molar-refractivity contribution is -0.140. The van der Waals surface area contributed by atoms with Gasteiger partial charge in [-0.25, -0.2) is 0 Å². The van der Waals surface area contributed by atoms with Gasteiger partial charge < -0.3 is 0 Å². The van der Waals surface area contributed by atoms with E-state index in [4.69, 9.17) is 0 Å². The average Bonchev–Trinajstić information content (AvgIpc) is 2.83. The van der Waals surface area contributed by atoms with Gasteiger partial charge in [0.25, 0.3) is 0 Å². The number of hydrogen-bond donors (Lipinski definition) is 0. The molecule has 0 aliphatic heterocycles. The fourth-order valence-corrected chi connectivity index (χ4v) is 5.76. The zero-order chi connectivity index (χ0) is 24.0. The minimum Gasteiger partial charge on any atom is -0.294 e. The maximum atomic E-state index is 13.7. The zero-order valence-corrected chi connectivity index (χ0v) is 21.0. The average molecular weight is 578 g/mol. The van der Waals surface area contributed by atoms with Gasteiger partial charge in [0.2, 0.25) is 0 Å². The van der Waals surface area contributed by atoms with E-state index in [1.165, 1.54) is 24.3 Å². The van der Waals surface area contributed by atoms with Crippen LogP contribution in [0.2, 0.25) is 0 Å². The summed E-state index contributed by atoms with van der Waals surface area (Å²) in [6.45, 7) is 0. The third-order valence-corrected chi connectivity index (χ3v) is 7.87. The molecule has 3 aliphatic carbocycles. The highest BCUT2D eigenvalue weighted by atomic mass is 79.9. The molecule has 3 aliphatic rings. The largest absolute Gasteiger partial charge is 0.294 e. The number of fused-ring (bicyclic) bond motifs is 3. The van der Waals surface area contributed by atoms with Crippen molar-refractivity contribution in [2.45, 2.75) is 5.92 Å². The van der Waals surface area contributed by atoms with Crippen molar-refractivity contribution < 1.29 is 19.2 Å². The lowest BCUT2D eigenvalue weighted by Crippen LogP contribution is -2.55. The highest BCUT2D eigenvalue weighted by molar-refractivity contribution is 9.10. The quantitative estimate of drug-likeness (QED) is 0.477. The highest BCUT2D eigenvalue weighted by Gasteiger charge is 2.60. The Morgan fingerprint density at radius 2 is 1.35 bits per heavy atom. The van der Waals surface area contributed by atoms with E-state index in [-0.39, 0.29) is 28.7 Å². The SMILES string of the molecule is O=C1C=CC(=O)[C@H]2C1=C[C@@H](c1ccc(Br)cc1)[C@@]1(/C=C/c3ccc(Br)cc3)C(=O)C=CC(=O)[C@@H]21. The van der Waals surface area contributed by atoms with Crippen LogP contribution in [0.1, 0.15) is 17.0 Å². The second-order valence-electron chi connectivity index (χ2n) is 8.62. The van der Waals surface area contributed by atoms with Crippen molar-refractivity contribution in [1.29, 1.82) is 0 Å². The number of halogens is 2. The van der Waals surface area contributed by atoms with Gasteiger partial charge in [0.1, 0.15) is 0 Å². The summed E-state index contributed by atoms with van der Waals surface area (Å²) in [5.41, 5.74) is 0.573. The van der Waals surface area contributed by atoms with E-state index in [2.05, 4.69) is 31.9 Å². The fourth-order valence-electron chi connectivity index (χ4n) is 5.23. The second-order valence-corrected chi connectivity index (χ2v) is 10.5. The Morgan fingerprint density at radius 1 is 0.735 bits per heavy atom. The van der Waals surface area contributed by atoms with Crippen LogP contribution in [0.4, 0.5) is 0 Å². The predicted octanol–water partition coefficient (Wildman–Crippen LogP) is 5.58. The highest BCUT2D eigenvalue weighted by Crippen LogP contribution is 2.57.